The van der Waals surface area contributed by atoms with E-state index in [1.54, 1.807) is 12.2 Å². The van der Waals surface area contributed by atoms with Crippen molar-refractivity contribution in [1.29, 1.82) is 0 Å². The Morgan fingerprint density at radius 1 is 0.581 bits per heavy atom. The summed E-state index contributed by atoms with van der Waals surface area (Å²) in [6.45, 7) is 4.34. The van der Waals surface area contributed by atoms with Gasteiger partial charge in [-0.25, -0.2) is 16.8 Å². The van der Waals surface area contributed by atoms with E-state index in [2.05, 4.69) is 22.2 Å². The molecule has 0 bridgehead atoms. The molecule has 0 spiro atoms. The summed E-state index contributed by atoms with van der Waals surface area (Å²) in [5.74, 6) is 0. The van der Waals surface area contributed by atoms with Crippen LogP contribution in [-0.4, -0.2) is 49.0 Å². The molecule has 0 unspecified atom stereocenters. The van der Waals surface area contributed by atoms with Gasteiger partial charge in [-0.3, -0.25) is 0 Å². The Balaban J connectivity index is -0.000000490. The molecule has 0 radical (unpaired) electrons. The van der Waals surface area contributed by atoms with Crippen molar-refractivity contribution in [2.24, 2.45) is 0 Å². The molecule has 31 heavy (non-hydrogen) atoms. The van der Waals surface area contributed by atoms with Gasteiger partial charge >= 0.3 is 23.1 Å². The van der Waals surface area contributed by atoms with E-state index in [1.165, 1.54) is 51.4 Å². The Bertz CT molecular complexity index is 576. The Morgan fingerprint density at radius 2 is 0.871 bits per heavy atom. The molecule has 0 amide bonds. The minimum absolute atomic E-state index is 0. The number of hydrogen-bond acceptors (Lipinski definition) is 8. The molecule has 0 saturated heterocycles. The van der Waals surface area contributed by atoms with Crippen LogP contribution in [-0.2, 0) is 29.2 Å². The molecule has 0 aliphatic rings. The summed E-state index contributed by atoms with van der Waals surface area (Å²) in [6.07, 6.45) is 20.7. The molecule has 0 aliphatic heterocycles. The summed E-state index contributed by atoms with van der Waals surface area (Å²) < 4.78 is 67.9. The van der Waals surface area contributed by atoms with Gasteiger partial charge in [-0.05, 0) is 37.8 Å². The number of unbranched alkanes of at least 4 members (excludes halogenated alkanes) is 12. The maximum atomic E-state index is 10.0. The minimum Gasteiger partial charge on any atom is -0.716 e. The van der Waals surface area contributed by atoms with E-state index in [4.69, 9.17) is 0 Å². The van der Waals surface area contributed by atoms with Crippen molar-refractivity contribution in [2.45, 2.75) is 104 Å². The first-order chi connectivity index (χ1) is 14.1. The summed E-state index contributed by atoms with van der Waals surface area (Å²) in [6, 6.07) is 0. The van der Waals surface area contributed by atoms with Crippen LogP contribution in [0.5, 0.6) is 0 Å². The van der Waals surface area contributed by atoms with E-state index in [0.29, 0.717) is 0 Å². The molecule has 0 aromatic heterocycles. The maximum Gasteiger partial charge on any atom is 2.00 e. The fourth-order valence-electron chi connectivity index (χ4n) is 2.44. The smallest absolute Gasteiger partial charge is 0.716 e. The van der Waals surface area contributed by atoms with Crippen molar-refractivity contribution >= 4 is 43.9 Å². The third-order valence-corrected chi connectivity index (χ3v) is 4.68. The zero-order valence-electron chi connectivity index (χ0n) is 19.0. The first-order valence-electron chi connectivity index (χ1n) is 10.7. The molecule has 0 aromatic rings. The Hall–Kier alpha value is -0.334. The molecule has 0 saturated carbocycles. The molecular formula is C20H38MgO8S2. The van der Waals surface area contributed by atoms with Crippen LogP contribution in [0.15, 0.2) is 24.7 Å². The van der Waals surface area contributed by atoms with Gasteiger partial charge in [0.1, 0.15) is 12.5 Å². The molecule has 180 valence electrons. The standard InChI is InChI=1S/2C10H20O4S.Mg/c2*1-2-3-4-5-6-7-8-9-10-14-15(11,12)13;/h2*9-10H,2-8H2,1H3,(H,11,12,13);/q;;+2/p-2/b2*10-9+;. The number of allylic oxidation sites excluding steroid dienone is 2. The summed E-state index contributed by atoms with van der Waals surface area (Å²) in [5.41, 5.74) is 0. The molecule has 0 atom stereocenters. The van der Waals surface area contributed by atoms with Gasteiger partial charge in [0.2, 0.25) is 0 Å². The molecule has 0 rings (SSSR count). The van der Waals surface area contributed by atoms with Crippen LogP contribution < -0.4 is 0 Å². The Kier molecular flexibility index (Phi) is 27.7. The van der Waals surface area contributed by atoms with Gasteiger partial charge in [0.05, 0.1) is 0 Å². The van der Waals surface area contributed by atoms with Gasteiger partial charge in [0.15, 0.2) is 0 Å². The van der Waals surface area contributed by atoms with Crippen LogP contribution in [0.4, 0.5) is 0 Å². The number of rotatable bonds is 18. The SMILES string of the molecule is CCCCCCCC/C=C/OS(=O)(=O)[O-].CCCCCCCC/C=C/OS(=O)(=O)[O-].[Mg+2]. The second kappa shape index (κ2) is 24.3. The maximum absolute atomic E-state index is 10.0. The van der Waals surface area contributed by atoms with Gasteiger partial charge in [0.25, 0.3) is 20.8 Å². The Morgan fingerprint density at radius 3 is 1.16 bits per heavy atom. The van der Waals surface area contributed by atoms with E-state index in [9.17, 15) is 25.9 Å². The first kappa shape index (κ1) is 35.3. The molecule has 8 nitrogen and oxygen atoms in total. The van der Waals surface area contributed by atoms with Crippen molar-refractivity contribution < 1.29 is 34.3 Å². The van der Waals surface area contributed by atoms with E-state index >= 15 is 0 Å². The van der Waals surface area contributed by atoms with Crippen molar-refractivity contribution in [3.63, 3.8) is 0 Å². The summed E-state index contributed by atoms with van der Waals surface area (Å²) in [5, 5.41) is 0. The third-order valence-electron chi connectivity index (χ3n) is 3.99. The fraction of sp³-hybridized carbons (Fsp3) is 0.800. The fourth-order valence-corrected chi connectivity index (χ4v) is 2.87. The van der Waals surface area contributed by atoms with Gasteiger partial charge < -0.3 is 17.5 Å². The van der Waals surface area contributed by atoms with Crippen LogP contribution in [0.3, 0.4) is 0 Å². The zero-order valence-corrected chi connectivity index (χ0v) is 22.0. The van der Waals surface area contributed by atoms with Crippen LogP contribution in [0.25, 0.3) is 0 Å². The summed E-state index contributed by atoms with van der Waals surface area (Å²) >= 11 is 0. The van der Waals surface area contributed by atoms with Crippen molar-refractivity contribution in [3.05, 3.63) is 24.7 Å². The predicted octanol–water partition coefficient (Wildman–Crippen LogP) is 5.07. The third kappa shape index (κ3) is 40.5. The summed E-state index contributed by atoms with van der Waals surface area (Å²) in [4.78, 5) is 0. The molecule has 0 aliphatic carbocycles. The van der Waals surface area contributed by atoms with E-state index in [-0.39, 0.29) is 23.1 Å². The molecule has 0 heterocycles. The van der Waals surface area contributed by atoms with Gasteiger partial charge in [-0.1, -0.05) is 78.1 Å². The second-order valence-corrected chi connectivity index (χ2v) is 8.88. The molecular weight excluding hydrogens is 457 g/mol. The van der Waals surface area contributed by atoms with Crippen LogP contribution in [0.1, 0.15) is 104 Å². The van der Waals surface area contributed by atoms with E-state index in [0.717, 1.165) is 51.0 Å². The average molecular weight is 495 g/mol. The van der Waals surface area contributed by atoms with Crippen molar-refractivity contribution in [3.8, 4) is 0 Å². The largest absolute Gasteiger partial charge is 2.00 e. The monoisotopic (exact) mass is 494 g/mol. The van der Waals surface area contributed by atoms with Crippen LogP contribution in [0.2, 0.25) is 0 Å². The minimum atomic E-state index is -4.57. The topological polar surface area (TPSA) is 133 Å². The summed E-state index contributed by atoms with van der Waals surface area (Å²) in [7, 11) is -9.13. The van der Waals surface area contributed by atoms with Crippen molar-refractivity contribution in [2.75, 3.05) is 0 Å². The van der Waals surface area contributed by atoms with E-state index < -0.39 is 20.8 Å². The molecule has 0 aromatic carbocycles. The normalized spacial score (nSPS) is 11.7. The predicted molar refractivity (Wildman–Crippen MR) is 122 cm³/mol. The Labute approximate surface area is 205 Å². The zero-order chi connectivity index (χ0) is 23.1. The number of hydrogen-bond donors (Lipinski definition) is 0. The molecule has 0 N–H and O–H groups in total. The van der Waals surface area contributed by atoms with Crippen molar-refractivity contribution in [1.82, 2.24) is 0 Å². The van der Waals surface area contributed by atoms with E-state index in [1.807, 2.05) is 0 Å². The van der Waals surface area contributed by atoms with Gasteiger partial charge in [-0.2, -0.15) is 0 Å². The average Bonchev–Trinajstić information content (AvgIpc) is 2.64. The second-order valence-electron chi connectivity index (χ2n) is 6.87. The molecule has 0 fully saturated rings. The van der Waals surface area contributed by atoms with Crippen LogP contribution in [0, 0.1) is 0 Å². The first-order valence-corrected chi connectivity index (χ1v) is 13.4. The molecule has 11 heteroatoms. The van der Waals surface area contributed by atoms with Gasteiger partial charge in [0, 0.05) is 0 Å². The van der Waals surface area contributed by atoms with Crippen LogP contribution >= 0.6 is 0 Å². The quantitative estimate of drug-likeness (QED) is 0.0847. The van der Waals surface area contributed by atoms with Gasteiger partial charge in [-0.15, -0.1) is 0 Å².